The lowest BCUT2D eigenvalue weighted by Gasteiger charge is -2.15. The van der Waals surface area contributed by atoms with Gasteiger partial charge < -0.3 is 15.4 Å². The van der Waals surface area contributed by atoms with Gasteiger partial charge in [0.05, 0.1) is 17.2 Å². The number of benzene rings is 3. The molecular weight excluding hydrogens is 501 g/mol. The Morgan fingerprint density at radius 2 is 1.55 bits per heavy atom. The van der Waals surface area contributed by atoms with Crippen molar-refractivity contribution in [3.63, 3.8) is 0 Å². The zero-order valence-electron chi connectivity index (χ0n) is 17.7. The number of carbonyl (C=O) groups excluding carboxylic acids is 2. The van der Waals surface area contributed by atoms with Crippen molar-refractivity contribution in [2.75, 3.05) is 10.6 Å². The molecule has 9 heteroatoms. The van der Waals surface area contributed by atoms with Crippen molar-refractivity contribution in [1.82, 2.24) is 0 Å². The quantitative estimate of drug-likeness (QED) is 0.377. The Labute approximate surface area is 197 Å². The minimum absolute atomic E-state index is 0.0274. The van der Waals surface area contributed by atoms with Crippen LogP contribution in [0.1, 0.15) is 40.1 Å². The van der Waals surface area contributed by atoms with E-state index in [0.717, 1.165) is 12.1 Å². The second-order valence-corrected chi connectivity index (χ2v) is 8.29. The fraction of sp³-hybridized carbons (Fsp3) is 0.167. The predicted octanol–water partition coefficient (Wildman–Crippen LogP) is 6.76. The van der Waals surface area contributed by atoms with Crippen molar-refractivity contribution in [3.8, 4) is 5.75 Å². The van der Waals surface area contributed by atoms with Crippen LogP contribution >= 0.6 is 15.9 Å². The topological polar surface area (TPSA) is 67.4 Å². The van der Waals surface area contributed by atoms with E-state index in [4.69, 9.17) is 4.74 Å². The molecule has 0 radical (unpaired) electrons. The minimum atomic E-state index is -4.50. The van der Waals surface area contributed by atoms with Crippen LogP contribution in [-0.4, -0.2) is 17.9 Å². The molecule has 3 aromatic carbocycles. The number of alkyl halides is 3. The zero-order chi connectivity index (χ0) is 24.2. The third-order valence-electron chi connectivity index (χ3n) is 4.40. The molecule has 0 heterocycles. The van der Waals surface area contributed by atoms with Gasteiger partial charge in [-0.2, -0.15) is 13.2 Å². The first-order valence-electron chi connectivity index (χ1n) is 9.89. The summed E-state index contributed by atoms with van der Waals surface area (Å²) < 4.78 is 45.0. The van der Waals surface area contributed by atoms with Crippen molar-refractivity contribution < 1.29 is 27.5 Å². The lowest BCUT2D eigenvalue weighted by atomic mass is 10.1. The fourth-order valence-electron chi connectivity index (χ4n) is 2.92. The molecule has 0 aromatic heterocycles. The van der Waals surface area contributed by atoms with Crippen molar-refractivity contribution in [3.05, 3.63) is 87.9 Å². The van der Waals surface area contributed by atoms with Gasteiger partial charge in [-0.05, 0) is 74.5 Å². The van der Waals surface area contributed by atoms with Gasteiger partial charge in [-0.3, -0.25) is 9.59 Å². The third-order valence-corrected chi connectivity index (χ3v) is 4.89. The predicted molar refractivity (Wildman–Crippen MR) is 124 cm³/mol. The lowest BCUT2D eigenvalue weighted by Crippen LogP contribution is -2.16. The van der Waals surface area contributed by atoms with Gasteiger partial charge in [0.15, 0.2) is 0 Å². The third kappa shape index (κ3) is 6.58. The summed E-state index contributed by atoms with van der Waals surface area (Å²) in [5.41, 5.74) is 0.165. The molecule has 0 atom stereocenters. The molecule has 3 aromatic rings. The van der Waals surface area contributed by atoms with Crippen molar-refractivity contribution in [2.24, 2.45) is 0 Å². The maximum absolute atomic E-state index is 12.9. The molecule has 0 bridgehead atoms. The van der Waals surface area contributed by atoms with Gasteiger partial charge in [-0.25, -0.2) is 0 Å². The van der Waals surface area contributed by atoms with E-state index in [-0.39, 0.29) is 17.4 Å². The van der Waals surface area contributed by atoms with E-state index in [1.807, 2.05) is 13.8 Å². The highest BCUT2D eigenvalue weighted by atomic mass is 79.9. The molecule has 0 saturated heterocycles. The van der Waals surface area contributed by atoms with Gasteiger partial charge in [0.2, 0.25) is 0 Å². The van der Waals surface area contributed by atoms with Crippen LogP contribution in [0.3, 0.4) is 0 Å². The van der Waals surface area contributed by atoms with Crippen LogP contribution in [0.15, 0.2) is 71.2 Å². The number of ether oxygens (including phenoxy) is 1. The molecule has 33 heavy (non-hydrogen) atoms. The number of nitrogens with one attached hydrogen (secondary N) is 2. The van der Waals surface area contributed by atoms with Crippen LogP contribution in [0, 0.1) is 0 Å². The molecule has 0 fully saturated rings. The van der Waals surface area contributed by atoms with E-state index in [9.17, 15) is 22.8 Å². The number of halogens is 4. The molecule has 2 N–H and O–H groups in total. The first-order chi connectivity index (χ1) is 15.5. The molecule has 0 aliphatic rings. The summed E-state index contributed by atoms with van der Waals surface area (Å²) in [6, 6.07) is 15.5. The Bertz CT molecular complexity index is 1160. The monoisotopic (exact) mass is 520 g/mol. The van der Waals surface area contributed by atoms with Crippen LogP contribution < -0.4 is 15.4 Å². The summed E-state index contributed by atoms with van der Waals surface area (Å²) in [7, 11) is 0. The summed E-state index contributed by atoms with van der Waals surface area (Å²) in [6.07, 6.45) is -4.62. The molecule has 0 spiro atoms. The number of hydrogen-bond acceptors (Lipinski definition) is 3. The van der Waals surface area contributed by atoms with Gasteiger partial charge in [-0.15, -0.1) is 0 Å². The van der Waals surface area contributed by atoms with Crippen molar-refractivity contribution >= 4 is 39.1 Å². The molecule has 0 saturated carbocycles. The highest BCUT2D eigenvalue weighted by molar-refractivity contribution is 9.10. The molecule has 172 valence electrons. The van der Waals surface area contributed by atoms with E-state index >= 15 is 0 Å². The maximum atomic E-state index is 12.9. The number of hydrogen-bond donors (Lipinski definition) is 2. The second-order valence-electron chi connectivity index (χ2n) is 7.37. The Hall–Kier alpha value is -3.33. The van der Waals surface area contributed by atoms with Crippen LogP contribution in [0.2, 0.25) is 0 Å². The smallest absolute Gasteiger partial charge is 0.416 e. The lowest BCUT2D eigenvalue weighted by molar-refractivity contribution is -0.137. The highest BCUT2D eigenvalue weighted by Crippen LogP contribution is 2.31. The van der Waals surface area contributed by atoms with Crippen molar-refractivity contribution in [1.29, 1.82) is 0 Å². The van der Waals surface area contributed by atoms with Crippen molar-refractivity contribution in [2.45, 2.75) is 26.1 Å². The van der Waals surface area contributed by atoms with E-state index < -0.39 is 23.6 Å². The van der Waals surface area contributed by atoms with Gasteiger partial charge >= 0.3 is 6.18 Å². The first kappa shape index (κ1) is 24.3. The molecular formula is C24H20BrF3N2O3. The van der Waals surface area contributed by atoms with Gasteiger partial charge in [-0.1, -0.05) is 22.0 Å². The van der Waals surface area contributed by atoms with Gasteiger partial charge in [0, 0.05) is 21.4 Å². The average Bonchev–Trinajstić information content (AvgIpc) is 2.74. The van der Waals surface area contributed by atoms with Crippen LogP contribution in [0.4, 0.5) is 24.5 Å². The Balaban J connectivity index is 1.70. The van der Waals surface area contributed by atoms with E-state index in [2.05, 4.69) is 26.6 Å². The normalized spacial score (nSPS) is 11.2. The van der Waals surface area contributed by atoms with Crippen LogP contribution in [-0.2, 0) is 6.18 Å². The molecule has 0 unspecified atom stereocenters. The minimum Gasteiger partial charge on any atom is -0.490 e. The SMILES string of the molecule is CC(C)Oc1ccc(Br)cc1C(=O)Nc1ccc(C(=O)Nc2cccc(C(F)(F)F)c2)cc1. The van der Waals surface area contributed by atoms with E-state index in [1.54, 1.807) is 18.2 Å². The fourth-order valence-corrected chi connectivity index (χ4v) is 3.28. The van der Waals surface area contributed by atoms with Crippen LogP contribution in [0.5, 0.6) is 5.75 Å². The number of carbonyl (C=O) groups is 2. The number of rotatable bonds is 6. The van der Waals surface area contributed by atoms with Gasteiger partial charge in [0.25, 0.3) is 11.8 Å². The molecule has 0 aliphatic heterocycles. The summed E-state index contributed by atoms with van der Waals surface area (Å²) in [6.45, 7) is 3.71. The van der Waals surface area contributed by atoms with E-state index in [1.165, 1.54) is 36.4 Å². The molecule has 2 amide bonds. The van der Waals surface area contributed by atoms with Crippen LogP contribution in [0.25, 0.3) is 0 Å². The van der Waals surface area contributed by atoms with Gasteiger partial charge in [0.1, 0.15) is 5.75 Å². The summed E-state index contributed by atoms with van der Waals surface area (Å²) in [4.78, 5) is 25.2. The average molecular weight is 521 g/mol. The summed E-state index contributed by atoms with van der Waals surface area (Å²) >= 11 is 3.34. The Morgan fingerprint density at radius 1 is 0.879 bits per heavy atom. The highest BCUT2D eigenvalue weighted by Gasteiger charge is 2.30. The summed E-state index contributed by atoms with van der Waals surface area (Å²) in [5, 5.41) is 5.18. The number of anilines is 2. The Kier molecular flexibility index (Phi) is 7.43. The summed E-state index contributed by atoms with van der Waals surface area (Å²) in [5.74, 6) is -0.539. The zero-order valence-corrected chi connectivity index (χ0v) is 19.3. The molecule has 0 aliphatic carbocycles. The standard InChI is InChI=1S/C24H20BrF3N2O3/c1-14(2)33-21-11-8-17(25)13-20(21)23(32)29-18-9-6-15(7-10-18)22(31)30-19-5-3-4-16(12-19)24(26,27)28/h3-14H,1-2H3,(H,29,32)(H,30,31). The maximum Gasteiger partial charge on any atom is 0.416 e. The Morgan fingerprint density at radius 3 is 2.18 bits per heavy atom. The first-order valence-corrected chi connectivity index (χ1v) is 10.7. The molecule has 3 rings (SSSR count). The number of amides is 2. The largest absolute Gasteiger partial charge is 0.490 e. The van der Waals surface area contributed by atoms with E-state index in [0.29, 0.717) is 21.5 Å². The molecule has 5 nitrogen and oxygen atoms in total. The second kappa shape index (κ2) is 10.1.